The van der Waals surface area contributed by atoms with Crippen molar-refractivity contribution in [3.05, 3.63) is 51.2 Å². The van der Waals surface area contributed by atoms with Crippen LogP contribution >= 0.6 is 46.2 Å². The average molecular weight is 612 g/mol. The van der Waals surface area contributed by atoms with Crippen molar-refractivity contribution in [1.82, 2.24) is 15.2 Å². The van der Waals surface area contributed by atoms with Crippen LogP contribution in [0.3, 0.4) is 0 Å². The molecule has 5 heterocycles. The zero-order valence-electron chi connectivity index (χ0n) is 19.6. The molecule has 12 nitrogen and oxygen atoms in total. The molecule has 17 heteroatoms. The number of carbonyl (C=O) groups excluding carboxylic acids is 2. The molecule has 0 bridgehead atoms. The highest BCUT2D eigenvalue weighted by molar-refractivity contribution is 8.04. The van der Waals surface area contributed by atoms with Crippen LogP contribution in [0.5, 0.6) is 0 Å². The number of β-lactam (4-membered cyclic amide) rings is 1. The monoisotopic (exact) mass is 611 g/mol. The van der Waals surface area contributed by atoms with Crippen molar-refractivity contribution in [3.63, 3.8) is 0 Å². The van der Waals surface area contributed by atoms with E-state index in [0.29, 0.717) is 8.91 Å². The number of carboxylic acids is 1. The van der Waals surface area contributed by atoms with Gasteiger partial charge in [0.25, 0.3) is 12.8 Å². The van der Waals surface area contributed by atoms with Gasteiger partial charge in [-0.1, -0.05) is 23.0 Å². The molecule has 2 saturated heterocycles. The molecule has 5 rings (SSSR count). The average Bonchev–Trinajstić information content (AvgIpc) is 3.56. The van der Waals surface area contributed by atoms with Crippen LogP contribution in [0, 0.1) is 5.41 Å². The lowest BCUT2D eigenvalue weighted by atomic mass is 9.87. The van der Waals surface area contributed by atoms with Gasteiger partial charge >= 0.3 is 5.97 Å². The minimum absolute atomic E-state index is 0.0628. The Morgan fingerprint density at radius 2 is 2.28 bits per heavy atom. The smallest absolute Gasteiger partial charge is 0.316 e. The number of thiazole rings is 1. The van der Waals surface area contributed by atoms with Crippen LogP contribution in [0.4, 0.5) is 9.52 Å². The van der Waals surface area contributed by atoms with Gasteiger partial charge in [0.15, 0.2) is 16.4 Å². The predicted octanol–water partition coefficient (Wildman–Crippen LogP) is 2.32. The molecular formula is C22H18FN5O7S4. The summed E-state index contributed by atoms with van der Waals surface area (Å²) >= 11 is 4.79. The van der Waals surface area contributed by atoms with E-state index in [1.807, 2.05) is 0 Å². The summed E-state index contributed by atoms with van der Waals surface area (Å²) in [5, 5.41) is 18.7. The molecule has 39 heavy (non-hydrogen) atoms. The molecule has 0 aliphatic carbocycles. The molecule has 0 saturated carbocycles. The highest BCUT2D eigenvalue weighted by atomic mass is 32.2. The Kier molecular flexibility index (Phi) is 7.66. The number of oxime groups is 1. The Morgan fingerprint density at radius 3 is 3.00 bits per heavy atom. The third kappa shape index (κ3) is 5.26. The normalized spacial score (nSPS) is 23.1. The number of nitrogen functional groups attached to an aromatic ring is 1. The van der Waals surface area contributed by atoms with Crippen LogP contribution in [0.2, 0.25) is 0 Å². The second kappa shape index (κ2) is 11.0. The number of thioether (sulfide) groups is 2. The molecule has 2 fully saturated rings. The van der Waals surface area contributed by atoms with Crippen LogP contribution in [-0.4, -0.2) is 69.1 Å². The number of nitrogens with one attached hydrogen (secondary N) is 1. The van der Waals surface area contributed by atoms with E-state index in [1.165, 1.54) is 63.5 Å². The number of halogens is 1. The van der Waals surface area contributed by atoms with Crippen molar-refractivity contribution in [1.29, 1.82) is 0 Å². The van der Waals surface area contributed by atoms with Gasteiger partial charge in [-0.15, -0.1) is 34.4 Å². The summed E-state index contributed by atoms with van der Waals surface area (Å²) in [5.41, 5.74) is 3.95. The lowest BCUT2D eigenvalue weighted by Crippen LogP contribution is -2.73. The number of furan rings is 1. The molecule has 2 aliphatic rings. The summed E-state index contributed by atoms with van der Waals surface area (Å²) in [4.78, 5) is 59.9. The molecule has 4 N–H and O–H groups in total. The standard InChI is InChI=1S/C22H18FN5O7S4/c23-9-35-27-14(10-6-37-21(24)25-10)17(30)26-15-18(31)28-7-22(20(32)33,8-38-19(15)28)2-4-36-13-5-11(29)16-12(39-13)1-3-34-16/h1-6,15,19H,7-9H2,(H2,24,25)(H,26,30)(H,32,33)/t15?,19-,22?/m1/s1. The van der Waals surface area contributed by atoms with Gasteiger partial charge in [0.05, 0.1) is 15.2 Å². The molecule has 0 aromatic carbocycles. The zero-order valence-corrected chi connectivity index (χ0v) is 22.8. The first-order valence-electron chi connectivity index (χ1n) is 11.0. The third-order valence-electron chi connectivity index (χ3n) is 5.89. The minimum Gasteiger partial charge on any atom is -0.481 e. The zero-order chi connectivity index (χ0) is 27.7. The number of aromatic nitrogens is 1. The largest absolute Gasteiger partial charge is 0.481 e. The summed E-state index contributed by atoms with van der Waals surface area (Å²) in [6.45, 7) is -1.38. The fourth-order valence-electron chi connectivity index (χ4n) is 3.95. The van der Waals surface area contributed by atoms with Crippen LogP contribution in [-0.2, 0) is 19.2 Å². The molecular weight excluding hydrogens is 594 g/mol. The van der Waals surface area contributed by atoms with Gasteiger partial charge in [-0.3, -0.25) is 19.2 Å². The molecule has 3 aromatic rings. The first-order chi connectivity index (χ1) is 18.7. The van der Waals surface area contributed by atoms with Crippen molar-refractivity contribution in [3.8, 4) is 0 Å². The predicted molar refractivity (Wildman–Crippen MR) is 145 cm³/mol. The fraction of sp³-hybridized carbons (Fsp3) is 0.273. The highest BCUT2D eigenvalue weighted by Crippen LogP contribution is 2.43. The van der Waals surface area contributed by atoms with Gasteiger partial charge < -0.3 is 30.3 Å². The van der Waals surface area contributed by atoms with Crippen molar-refractivity contribution in [2.24, 2.45) is 10.6 Å². The number of nitrogens with zero attached hydrogens (tertiary/aromatic N) is 3. The number of amides is 2. The van der Waals surface area contributed by atoms with E-state index < -0.39 is 41.5 Å². The number of carbonyl (C=O) groups is 3. The molecule has 0 radical (unpaired) electrons. The van der Waals surface area contributed by atoms with Gasteiger partial charge in [0.2, 0.25) is 11.3 Å². The Labute approximate surface area is 235 Å². The third-order valence-corrected chi connectivity index (χ3v) is 10.1. The maximum Gasteiger partial charge on any atom is 0.316 e. The number of aliphatic carboxylic acids is 1. The number of hydrogen-bond acceptors (Lipinski definition) is 13. The van der Waals surface area contributed by atoms with Crippen molar-refractivity contribution < 1.29 is 33.1 Å². The second-order valence-electron chi connectivity index (χ2n) is 8.29. The van der Waals surface area contributed by atoms with Crippen molar-refractivity contribution in [2.45, 2.75) is 15.6 Å². The van der Waals surface area contributed by atoms with Gasteiger partial charge in [0, 0.05) is 23.7 Å². The summed E-state index contributed by atoms with van der Waals surface area (Å²) in [5.74, 6) is -2.26. The van der Waals surface area contributed by atoms with Gasteiger partial charge in [-0.25, -0.2) is 9.37 Å². The summed E-state index contributed by atoms with van der Waals surface area (Å²) in [6.07, 6.45) is 2.95. The molecule has 2 aliphatic heterocycles. The van der Waals surface area contributed by atoms with Crippen LogP contribution in [0.15, 0.2) is 53.8 Å². The Morgan fingerprint density at radius 1 is 1.46 bits per heavy atom. The van der Waals surface area contributed by atoms with Gasteiger partial charge in [-0.2, -0.15) is 0 Å². The molecule has 2 amide bonds. The van der Waals surface area contributed by atoms with Gasteiger partial charge in [-0.05, 0) is 11.5 Å². The maximum atomic E-state index is 12.9. The highest BCUT2D eigenvalue weighted by Gasteiger charge is 2.57. The number of hydrogen-bond donors (Lipinski definition) is 3. The summed E-state index contributed by atoms with van der Waals surface area (Å²) < 4.78 is 19.0. The van der Waals surface area contributed by atoms with E-state index in [9.17, 15) is 28.7 Å². The molecule has 2 unspecified atom stereocenters. The van der Waals surface area contributed by atoms with E-state index in [2.05, 4.69) is 20.3 Å². The van der Waals surface area contributed by atoms with Crippen LogP contribution in [0.25, 0.3) is 10.3 Å². The molecule has 0 spiro atoms. The van der Waals surface area contributed by atoms with Crippen LogP contribution < -0.4 is 16.5 Å². The number of anilines is 1. The second-order valence-corrected chi connectivity index (χ2v) is 12.6. The number of fused-ring (bicyclic) bond motifs is 2. The topological polar surface area (TPSA) is 177 Å². The lowest BCUT2D eigenvalue weighted by Gasteiger charge is -2.53. The summed E-state index contributed by atoms with van der Waals surface area (Å²) in [6, 6.07) is 2.16. The number of carboxylic acid groups (broad SMARTS) is 1. The van der Waals surface area contributed by atoms with E-state index in [1.54, 1.807) is 11.5 Å². The van der Waals surface area contributed by atoms with Crippen molar-refractivity contribution in [2.75, 3.05) is 24.9 Å². The first-order valence-corrected chi connectivity index (χ1v) is 14.6. The first kappa shape index (κ1) is 27.2. The molecule has 204 valence electrons. The molecule has 3 aromatic heterocycles. The van der Waals surface area contributed by atoms with E-state index in [-0.39, 0.29) is 39.8 Å². The Balaban J connectivity index is 1.26. The fourth-order valence-corrected chi connectivity index (χ4v) is 8.03. The number of nitrogens with two attached hydrogens (primary N) is 1. The van der Waals surface area contributed by atoms with E-state index >= 15 is 0 Å². The number of alkyl halides is 1. The lowest BCUT2D eigenvalue weighted by molar-refractivity contribution is -0.156. The van der Waals surface area contributed by atoms with Crippen LogP contribution in [0.1, 0.15) is 5.69 Å². The quantitative estimate of drug-likeness (QED) is 0.140. The Bertz CT molecular complexity index is 1570. The Hall–Kier alpha value is -3.41. The minimum atomic E-state index is -1.37. The maximum absolute atomic E-state index is 12.9. The van der Waals surface area contributed by atoms with Crippen molar-refractivity contribution >= 4 is 85.1 Å². The SMILES string of the molecule is Nc1nc(C(=NOCF)C(=O)NC2C(=O)N3CC(C=CSc4cc(=O)c5occc5s4)(C(=O)O)CS[C@H]23)cs1. The van der Waals surface area contributed by atoms with Gasteiger partial charge in [0.1, 0.15) is 22.5 Å². The van der Waals surface area contributed by atoms with E-state index in [4.69, 9.17) is 10.2 Å². The van der Waals surface area contributed by atoms with E-state index in [0.717, 1.165) is 11.3 Å². The summed E-state index contributed by atoms with van der Waals surface area (Å²) in [7, 11) is 0. The number of rotatable bonds is 9. The molecule has 3 atom stereocenters.